The van der Waals surface area contributed by atoms with Crippen molar-refractivity contribution in [3.63, 3.8) is 0 Å². The second kappa shape index (κ2) is 8.11. The molecule has 1 aliphatic carbocycles. The fourth-order valence-corrected chi connectivity index (χ4v) is 4.20. The normalized spacial score (nSPS) is 17.2. The van der Waals surface area contributed by atoms with E-state index in [4.69, 9.17) is 21.3 Å². The fourth-order valence-electron chi connectivity index (χ4n) is 4.07. The molecule has 4 rings (SSSR count). The summed E-state index contributed by atoms with van der Waals surface area (Å²) in [4.78, 5) is 20.9. The number of aromatic nitrogens is 2. The predicted octanol–water partition coefficient (Wildman–Crippen LogP) is 5.16. The molecule has 0 atom stereocenters. The largest absolute Gasteiger partial charge is 0.461 e. The molecule has 0 radical (unpaired) electrons. The summed E-state index contributed by atoms with van der Waals surface area (Å²) in [6.45, 7) is 7.48. The van der Waals surface area contributed by atoms with Crippen molar-refractivity contribution in [3.05, 3.63) is 47.1 Å². The molecule has 2 heterocycles. The standard InChI is InChI=1S/C22H27ClN4O2/c1-4-13-26-15(2)19-20(25(3)22(26)28)24-21(29-18-7-5-6-8-18)27(19)14-16-9-11-17(23)12-10-16/h9-12,18H,2,4-8,13-14H2,1,3H3. The fraction of sp³-hybridized carbons (Fsp3) is 0.455. The molecule has 0 unspecified atom stereocenters. The van der Waals surface area contributed by atoms with E-state index in [1.165, 1.54) is 12.8 Å². The predicted molar refractivity (Wildman–Crippen MR) is 115 cm³/mol. The summed E-state index contributed by atoms with van der Waals surface area (Å²) in [6, 6.07) is 8.21. The maximum absolute atomic E-state index is 12.8. The first kappa shape index (κ1) is 19.8. The van der Waals surface area contributed by atoms with Crippen LogP contribution < -0.4 is 9.64 Å². The number of rotatable bonds is 6. The molecule has 2 aromatic rings. The van der Waals surface area contributed by atoms with Gasteiger partial charge in [-0.25, -0.2) is 4.79 Å². The second-order valence-electron chi connectivity index (χ2n) is 7.74. The molecule has 0 bridgehead atoms. The van der Waals surface area contributed by atoms with Crippen LogP contribution in [0.5, 0.6) is 6.01 Å². The van der Waals surface area contributed by atoms with E-state index >= 15 is 0 Å². The van der Waals surface area contributed by atoms with E-state index in [0.717, 1.165) is 30.5 Å². The van der Waals surface area contributed by atoms with Crippen LogP contribution in [0.15, 0.2) is 30.8 Å². The topological polar surface area (TPSA) is 50.6 Å². The molecule has 7 heteroatoms. The Hall–Kier alpha value is -2.47. The minimum atomic E-state index is -0.104. The molecule has 1 saturated carbocycles. The Labute approximate surface area is 176 Å². The van der Waals surface area contributed by atoms with Crippen LogP contribution in [0.25, 0.3) is 5.70 Å². The molecule has 6 nitrogen and oxygen atoms in total. The number of carbonyl (C=O) groups excluding carboxylic acids is 1. The first-order chi connectivity index (χ1) is 14.0. The van der Waals surface area contributed by atoms with Crippen molar-refractivity contribution < 1.29 is 9.53 Å². The van der Waals surface area contributed by atoms with Gasteiger partial charge in [-0.1, -0.05) is 37.2 Å². The minimum absolute atomic E-state index is 0.104. The lowest BCUT2D eigenvalue weighted by atomic mass is 10.2. The molecule has 1 aliphatic heterocycles. The zero-order valence-electron chi connectivity index (χ0n) is 17.0. The molecular weight excluding hydrogens is 388 g/mol. The summed E-state index contributed by atoms with van der Waals surface area (Å²) in [5.74, 6) is 0.606. The number of urea groups is 1. The molecule has 0 saturated heterocycles. The number of amides is 2. The molecule has 1 fully saturated rings. The minimum Gasteiger partial charge on any atom is -0.461 e. The lowest BCUT2D eigenvalue weighted by Crippen LogP contribution is -2.44. The van der Waals surface area contributed by atoms with Crippen LogP contribution in [0.2, 0.25) is 5.02 Å². The summed E-state index contributed by atoms with van der Waals surface area (Å²) < 4.78 is 8.36. The van der Waals surface area contributed by atoms with Gasteiger partial charge >= 0.3 is 6.03 Å². The molecular formula is C22H27ClN4O2. The molecule has 1 aromatic heterocycles. The highest BCUT2D eigenvalue weighted by molar-refractivity contribution is 6.30. The zero-order valence-corrected chi connectivity index (χ0v) is 17.8. The van der Waals surface area contributed by atoms with Crippen molar-refractivity contribution in [2.45, 2.75) is 51.7 Å². The Morgan fingerprint density at radius 3 is 2.59 bits per heavy atom. The van der Waals surface area contributed by atoms with Crippen LogP contribution in [-0.4, -0.2) is 40.2 Å². The quantitative estimate of drug-likeness (QED) is 0.656. The monoisotopic (exact) mass is 414 g/mol. The van der Waals surface area contributed by atoms with E-state index in [9.17, 15) is 4.79 Å². The smallest absolute Gasteiger partial charge is 0.329 e. The van der Waals surface area contributed by atoms with Crippen LogP contribution >= 0.6 is 11.6 Å². The number of carbonyl (C=O) groups is 1. The Kier molecular flexibility index (Phi) is 5.54. The average molecular weight is 415 g/mol. The number of benzene rings is 1. The van der Waals surface area contributed by atoms with Crippen LogP contribution in [0.4, 0.5) is 10.6 Å². The third kappa shape index (κ3) is 3.73. The highest BCUT2D eigenvalue weighted by atomic mass is 35.5. The van der Waals surface area contributed by atoms with Crippen LogP contribution in [0.3, 0.4) is 0 Å². The molecule has 29 heavy (non-hydrogen) atoms. The average Bonchev–Trinajstić information content (AvgIpc) is 3.34. The van der Waals surface area contributed by atoms with Gasteiger partial charge in [-0.3, -0.25) is 14.4 Å². The molecule has 154 valence electrons. The van der Waals surface area contributed by atoms with E-state index in [2.05, 4.69) is 13.5 Å². The first-order valence-corrected chi connectivity index (χ1v) is 10.6. The van der Waals surface area contributed by atoms with E-state index in [0.29, 0.717) is 35.6 Å². The second-order valence-corrected chi connectivity index (χ2v) is 8.18. The van der Waals surface area contributed by atoms with Gasteiger partial charge in [-0.15, -0.1) is 0 Å². The first-order valence-electron chi connectivity index (χ1n) is 10.3. The molecule has 1 aromatic carbocycles. The zero-order chi connectivity index (χ0) is 20.5. The highest BCUT2D eigenvalue weighted by Crippen LogP contribution is 2.38. The van der Waals surface area contributed by atoms with Crippen LogP contribution in [0, 0.1) is 0 Å². The Morgan fingerprint density at radius 2 is 1.93 bits per heavy atom. The van der Waals surface area contributed by atoms with E-state index < -0.39 is 0 Å². The Bertz CT molecular complexity index is 916. The van der Waals surface area contributed by atoms with Gasteiger partial charge in [-0.05, 0) is 49.8 Å². The summed E-state index contributed by atoms with van der Waals surface area (Å²) in [7, 11) is 1.76. The summed E-state index contributed by atoms with van der Waals surface area (Å²) in [5.41, 5.74) is 2.59. The van der Waals surface area contributed by atoms with Crippen molar-refractivity contribution in [2.24, 2.45) is 0 Å². The molecule has 0 spiro atoms. The summed E-state index contributed by atoms with van der Waals surface area (Å²) >= 11 is 6.06. The number of imidazole rings is 1. The van der Waals surface area contributed by atoms with Crippen molar-refractivity contribution >= 4 is 29.1 Å². The van der Waals surface area contributed by atoms with Crippen molar-refractivity contribution in [3.8, 4) is 6.01 Å². The van der Waals surface area contributed by atoms with Gasteiger partial charge in [0.25, 0.3) is 6.01 Å². The van der Waals surface area contributed by atoms with Gasteiger partial charge in [0, 0.05) is 18.6 Å². The van der Waals surface area contributed by atoms with Crippen LogP contribution in [-0.2, 0) is 6.54 Å². The van der Waals surface area contributed by atoms with Gasteiger partial charge in [0.2, 0.25) is 0 Å². The number of halogens is 1. The third-order valence-corrected chi connectivity index (χ3v) is 5.88. The lowest BCUT2D eigenvalue weighted by Gasteiger charge is -2.34. The van der Waals surface area contributed by atoms with Crippen LogP contribution in [0.1, 0.15) is 50.3 Å². The van der Waals surface area contributed by atoms with Gasteiger partial charge in [-0.2, -0.15) is 4.98 Å². The number of hydrogen-bond donors (Lipinski definition) is 0. The highest BCUT2D eigenvalue weighted by Gasteiger charge is 2.37. The maximum atomic E-state index is 12.8. The van der Waals surface area contributed by atoms with Gasteiger partial charge in [0.05, 0.1) is 12.2 Å². The molecule has 0 N–H and O–H groups in total. The number of anilines is 1. The Morgan fingerprint density at radius 1 is 1.24 bits per heavy atom. The van der Waals surface area contributed by atoms with Gasteiger partial charge in [0.15, 0.2) is 5.82 Å². The summed E-state index contributed by atoms with van der Waals surface area (Å²) in [6.07, 6.45) is 5.45. The number of ether oxygens (including phenoxy) is 1. The number of nitrogens with zero attached hydrogens (tertiary/aromatic N) is 4. The number of hydrogen-bond acceptors (Lipinski definition) is 3. The van der Waals surface area contributed by atoms with Crippen molar-refractivity contribution in [1.82, 2.24) is 14.5 Å². The third-order valence-electron chi connectivity index (χ3n) is 5.62. The SMILES string of the molecule is C=C1c2c(nc(OC3CCCC3)n2Cc2ccc(Cl)cc2)N(C)C(=O)N1CCC. The maximum Gasteiger partial charge on any atom is 0.329 e. The van der Waals surface area contributed by atoms with E-state index in [-0.39, 0.29) is 12.1 Å². The van der Waals surface area contributed by atoms with E-state index in [1.807, 2.05) is 28.8 Å². The van der Waals surface area contributed by atoms with Crippen molar-refractivity contribution in [1.29, 1.82) is 0 Å². The molecule has 2 amide bonds. The Balaban J connectivity index is 1.77. The lowest BCUT2D eigenvalue weighted by molar-refractivity contribution is 0.184. The van der Waals surface area contributed by atoms with Gasteiger partial charge in [0.1, 0.15) is 11.8 Å². The van der Waals surface area contributed by atoms with E-state index in [1.54, 1.807) is 16.8 Å². The summed E-state index contributed by atoms with van der Waals surface area (Å²) in [5, 5.41) is 0.702. The van der Waals surface area contributed by atoms with Gasteiger partial charge < -0.3 is 4.74 Å². The van der Waals surface area contributed by atoms with Crippen molar-refractivity contribution in [2.75, 3.05) is 18.5 Å². The number of fused-ring (bicyclic) bond motifs is 1. The molecule has 2 aliphatic rings.